The van der Waals surface area contributed by atoms with Crippen molar-refractivity contribution < 1.29 is 9.53 Å². The Morgan fingerprint density at radius 3 is 2.29 bits per heavy atom. The summed E-state index contributed by atoms with van der Waals surface area (Å²) in [5, 5.41) is 0. The highest BCUT2D eigenvalue weighted by Crippen LogP contribution is 2.27. The van der Waals surface area contributed by atoms with Gasteiger partial charge in [-0.3, -0.25) is 4.79 Å². The Hall–Kier alpha value is -1.31. The zero-order valence-corrected chi connectivity index (χ0v) is 11.2. The summed E-state index contributed by atoms with van der Waals surface area (Å²) < 4.78 is 5.51. The quantitative estimate of drug-likeness (QED) is 0.565. The maximum Gasteiger partial charge on any atom is 0.314 e. The standard InChI is InChI=1S/C15H22O2/c1-5-12(6-2)15(16)17-14-10-8-7-9-13(14)11(3)4/h7-12H,5-6H2,1-4H3. The SMILES string of the molecule is CCC(CC)C(=O)Oc1ccccc1C(C)C. The maximum atomic E-state index is 11.9. The van der Waals surface area contributed by atoms with Crippen molar-refractivity contribution in [2.45, 2.75) is 46.5 Å². The summed E-state index contributed by atoms with van der Waals surface area (Å²) in [4.78, 5) is 11.9. The molecule has 0 heterocycles. The summed E-state index contributed by atoms with van der Waals surface area (Å²) in [5.41, 5.74) is 1.09. The monoisotopic (exact) mass is 234 g/mol. The summed E-state index contributed by atoms with van der Waals surface area (Å²) in [7, 11) is 0. The van der Waals surface area contributed by atoms with Gasteiger partial charge in [-0.2, -0.15) is 0 Å². The van der Waals surface area contributed by atoms with E-state index in [9.17, 15) is 4.79 Å². The minimum absolute atomic E-state index is 0.00946. The molecule has 0 fully saturated rings. The van der Waals surface area contributed by atoms with Crippen molar-refractivity contribution >= 4 is 5.97 Å². The number of hydrogen-bond acceptors (Lipinski definition) is 2. The molecule has 0 spiro atoms. The number of carbonyl (C=O) groups excluding carboxylic acids is 1. The first-order valence-electron chi connectivity index (χ1n) is 6.40. The number of rotatable bonds is 5. The number of ether oxygens (including phenoxy) is 1. The van der Waals surface area contributed by atoms with E-state index in [0.717, 1.165) is 18.4 Å². The van der Waals surface area contributed by atoms with Gasteiger partial charge < -0.3 is 4.74 Å². The van der Waals surface area contributed by atoms with E-state index in [1.807, 2.05) is 38.1 Å². The van der Waals surface area contributed by atoms with Crippen LogP contribution < -0.4 is 4.74 Å². The minimum atomic E-state index is -0.108. The zero-order valence-electron chi connectivity index (χ0n) is 11.2. The van der Waals surface area contributed by atoms with Gasteiger partial charge in [0, 0.05) is 0 Å². The lowest BCUT2D eigenvalue weighted by Gasteiger charge is -2.15. The Morgan fingerprint density at radius 2 is 1.76 bits per heavy atom. The van der Waals surface area contributed by atoms with Gasteiger partial charge in [0.1, 0.15) is 5.75 Å². The third-order valence-corrected chi connectivity index (χ3v) is 3.07. The Labute approximate surface area is 104 Å². The molecule has 17 heavy (non-hydrogen) atoms. The number of esters is 1. The van der Waals surface area contributed by atoms with Gasteiger partial charge >= 0.3 is 5.97 Å². The van der Waals surface area contributed by atoms with Crippen LogP contribution >= 0.6 is 0 Å². The highest BCUT2D eigenvalue weighted by molar-refractivity contribution is 5.75. The van der Waals surface area contributed by atoms with Crippen LogP contribution in [0.25, 0.3) is 0 Å². The van der Waals surface area contributed by atoms with Crippen molar-refractivity contribution in [2.24, 2.45) is 5.92 Å². The smallest absolute Gasteiger partial charge is 0.314 e. The van der Waals surface area contributed by atoms with Gasteiger partial charge in [-0.1, -0.05) is 45.9 Å². The topological polar surface area (TPSA) is 26.3 Å². The van der Waals surface area contributed by atoms with Gasteiger partial charge in [-0.05, 0) is 30.4 Å². The molecule has 0 amide bonds. The number of para-hydroxylation sites is 1. The predicted molar refractivity (Wildman–Crippen MR) is 70.2 cm³/mol. The molecule has 1 aromatic carbocycles. The molecule has 0 aliphatic heterocycles. The number of carbonyl (C=O) groups is 1. The molecule has 1 rings (SSSR count). The Balaban J connectivity index is 2.84. The first-order valence-corrected chi connectivity index (χ1v) is 6.40. The van der Waals surface area contributed by atoms with Crippen LogP contribution in [0, 0.1) is 5.92 Å². The minimum Gasteiger partial charge on any atom is -0.426 e. The number of hydrogen-bond donors (Lipinski definition) is 0. The normalized spacial score (nSPS) is 10.9. The summed E-state index contributed by atoms with van der Waals surface area (Å²) in [5.74, 6) is 0.971. The second-order valence-electron chi connectivity index (χ2n) is 4.63. The van der Waals surface area contributed by atoms with Crippen LogP contribution in [0.5, 0.6) is 5.75 Å². The fraction of sp³-hybridized carbons (Fsp3) is 0.533. The molecular weight excluding hydrogens is 212 g/mol. The van der Waals surface area contributed by atoms with E-state index in [-0.39, 0.29) is 11.9 Å². The molecule has 94 valence electrons. The van der Waals surface area contributed by atoms with Crippen LogP contribution in [0.15, 0.2) is 24.3 Å². The van der Waals surface area contributed by atoms with Crippen LogP contribution in [0.3, 0.4) is 0 Å². The average Bonchev–Trinajstić information content (AvgIpc) is 2.31. The molecule has 0 bridgehead atoms. The molecule has 0 N–H and O–H groups in total. The van der Waals surface area contributed by atoms with Crippen LogP contribution in [0.2, 0.25) is 0 Å². The average molecular weight is 234 g/mol. The van der Waals surface area contributed by atoms with E-state index in [1.54, 1.807) is 0 Å². The van der Waals surface area contributed by atoms with Gasteiger partial charge in [0.05, 0.1) is 5.92 Å². The van der Waals surface area contributed by atoms with Crippen molar-refractivity contribution in [1.29, 1.82) is 0 Å². The van der Waals surface area contributed by atoms with Crippen molar-refractivity contribution in [3.63, 3.8) is 0 Å². The van der Waals surface area contributed by atoms with E-state index in [4.69, 9.17) is 4.74 Å². The summed E-state index contributed by atoms with van der Waals surface area (Å²) in [6.45, 7) is 8.24. The molecule has 2 heteroatoms. The van der Waals surface area contributed by atoms with Gasteiger partial charge in [0.15, 0.2) is 0 Å². The van der Waals surface area contributed by atoms with Crippen LogP contribution in [0.4, 0.5) is 0 Å². The molecule has 0 aliphatic carbocycles. The molecule has 0 aliphatic rings. The highest BCUT2D eigenvalue weighted by atomic mass is 16.5. The fourth-order valence-electron chi connectivity index (χ4n) is 1.86. The molecular formula is C15H22O2. The van der Waals surface area contributed by atoms with Crippen LogP contribution in [-0.2, 0) is 4.79 Å². The van der Waals surface area contributed by atoms with Crippen molar-refractivity contribution in [1.82, 2.24) is 0 Å². The van der Waals surface area contributed by atoms with Crippen LogP contribution in [-0.4, -0.2) is 5.97 Å². The molecule has 0 saturated carbocycles. The Bertz CT molecular complexity index is 365. The zero-order chi connectivity index (χ0) is 12.8. The first-order chi connectivity index (χ1) is 8.10. The van der Waals surface area contributed by atoms with E-state index in [0.29, 0.717) is 11.7 Å². The van der Waals surface area contributed by atoms with Crippen molar-refractivity contribution in [2.75, 3.05) is 0 Å². The van der Waals surface area contributed by atoms with E-state index in [1.165, 1.54) is 0 Å². The Kier molecular flexibility index (Phi) is 5.20. The van der Waals surface area contributed by atoms with Crippen molar-refractivity contribution in [3.05, 3.63) is 29.8 Å². The predicted octanol–water partition coefficient (Wildman–Crippen LogP) is 4.15. The number of benzene rings is 1. The fourth-order valence-corrected chi connectivity index (χ4v) is 1.86. The lowest BCUT2D eigenvalue weighted by Crippen LogP contribution is -2.19. The van der Waals surface area contributed by atoms with E-state index >= 15 is 0 Å². The lowest BCUT2D eigenvalue weighted by molar-refractivity contribution is -0.139. The first kappa shape index (κ1) is 13.8. The third-order valence-electron chi connectivity index (χ3n) is 3.07. The summed E-state index contributed by atoms with van der Waals surface area (Å²) >= 11 is 0. The second kappa shape index (κ2) is 6.43. The largest absolute Gasteiger partial charge is 0.426 e. The van der Waals surface area contributed by atoms with Crippen molar-refractivity contribution in [3.8, 4) is 5.75 Å². The molecule has 0 aromatic heterocycles. The summed E-state index contributed by atoms with van der Waals surface area (Å²) in [6.07, 6.45) is 1.67. The maximum absolute atomic E-state index is 11.9. The van der Waals surface area contributed by atoms with Gasteiger partial charge in [-0.15, -0.1) is 0 Å². The van der Waals surface area contributed by atoms with E-state index < -0.39 is 0 Å². The summed E-state index contributed by atoms with van der Waals surface area (Å²) in [6, 6.07) is 7.76. The molecule has 1 aromatic rings. The molecule has 0 saturated heterocycles. The third kappa shape index (κ3) is 3.58. The molecule has 0 unspecified atom stereocenters. The molecule has 0 atom stereocenters. The van der Waals surface area contributed by atoms with Gasteiger partial charge in [-0.25, -0.2) is 0 Å². The van der Waals surface area contributed by atoms with Gasteiger partial charge in [0.2, 0.25) is 0 Å². The molecule has 2 nitrogen and oxygen atoms in total. The molecule has 0 radical (unpaired) electrons. The highest BCUT2D eigenvalue weighted by Gasteiger charge is 2.18. The second-order valence-corrected chi connectivity index (χ2v) is 4.63. The van der Waals surface area contributed by atoms with Gasteiger partial charge in [0.25, 0.3) is 0 Å². The lowest BCUT2D eigenvalue weighted by atomic mass is 10.0. The van der Waals surface area contributed by atoms with Crippen LogP contribution in [0.1, 0.15) is 52.0 Å². The van der Waals surface area contributed by atoms with E-state index in [2.05, 4.69) is 13.8 Å². The Morgan fingerprint density at radius 1 is 1.18 bits per heavy atom.